The Bertz CT molecular complexity index is 654. The van der Waals surface area contributed by atoms with Gasteiger partial charge in [0.1, 0.15) is 0 Å². The molecular weight excluding hydrogens is 302 g/mol. The number of likely N-dealkylation sites (tertiary alicyclic amines) is 1. The van der Waals surface area contributed by atoms with Gasteiger partial charge in [0, 0.05) is 30.9 Å². The second-order valence-electron chi connectivity index (χ2n) is 5.59. The van der Waals surface area contributed by atoms with E-state index in [1.54, 1.807) is 34.1 Å². The van der Waals surface area contributed by atoms with Crippen molar-refractivity contribution in [3.8, 4) is 5.69 Å². The first-order valence-corrected chi connectivity index (χ1v) is 7.76. The van der Waals surface area contributed by atoms with Crippen LogP contribution in [0.2, 0.25) is 5.02 Å². The maximum absolute atomic E-state index is 12.5. The summed E-state index contributed by atoms with van der Waals surface area (Å²) in [6.07, 6.45) is 5.22. The van der Waals surface area contributed by atoms with Crippen LogP contribution in [0.4, 0.5) is 0 Å². The van der Waals surface area contributed by atoms with Crippen molar-refractivity contribution < 1.29 is 9.90 Å². The van der Waals surface area contributed by atoms with E-state index >= 15 is 0 Å². The summed E-state index contributed by atoms with van der Waals surface area (Å²) in [5.74, 6) is 0.155. The molecule has 2 heterocycles. The smallest absolute Gasteiger partial charge is 0.257 e. The summed E-state index contributed by atoms with van der Waals surface area (Å²) in [5.41, 5.74) is 1.42. The number of piperidine rings is 1. The molecule has 116 valence electrons. The van der Waals surface area contributed by atoms with Crippen molar-refractivity contribution >= 4 is 17.5 Å². The predicted octanol–water partition coefficient (Wildman–Crippen LogP) is 2.37. The highest BCUT2D eigenvalue weighted by atomic mass is 35.5. The van der Waals surface area contributed by atoms with Crippen LogP contribution in [-0.2, 0) is 0 Å². The topological polar surface area (TPSA) is 58.4 Å². The lowest BCUT2D eigenvalue weighted by Crippen LogP contribution is -2.40. The molecule has 3 rings (SSSR count). The van der Waals surface area contributed by atoms with Gasteiger partial charge in [0.25, 0.3) is 5.91 Å². The Morgan fingerprint density at radius 3 is 2.86 bits per heavy atom. The van der Waals surface area contributed by atoms with E-state index in [1.165, 1.54) is 0 Å². The zero-order chi connectivity index (χ0) is 15.5. The third-order valence-corrected chi connectivity index (χ3v) is 4.24. The van der Waals surface area contributed by atoms with Crippen LogP contribution >= 0.6 is 11.6 Å². The summed E-state index contributed by atoms with van der Waals surface area (Å²) in [7, 11) is 0. The second kappa shape index (κ2) is 6.50. The average molecular weight is 320 g/mol. The fourth-order valence-corrected chi connectivity index (χ4v) is 2.88. The summed E-state index contributed by atoms with van der Waals surface area (Å²) in [4.78, 5) is 14.3. The average Bonchev–Trinajstić information content (AvgIpc) is 3.05. The number of amides is 1. The highest BCUT2D eigenvalue weighted by molar-refractivity contribution is 6.30. The zero-order valence-corrected chi connectivity index (χ0v) is 12.9. The lowest BCUT2D eigenvalue weighted by molar-refractivity contribution is 0.0620. The number of aliphatic hydroxyl groups is 1. The van der Waals surface area contributed by atoms with Gasteiger partial charge in [0.2, 0.25) is 0 Å². The first-order chi connectivity index (χ1) is 10.7. The van der Waals surface area contributed by atoms with Crippen molar-refractivity contribution in [1.82, 2.24) is 14.7 Å². The molecule has 1 aliphatic heterocycles. The number of halogens is 1. The van der Waals surface area contributed by atoms with Crippen molar-refractivity contribution in [2.75, 3.05) is 19.7 Å². The van der Waals surface area contributed by atoms with Crippen molar-refractivity contribution in [3.63, 3.8) is 0 Å². The first-order valence-electron chi connectivity index (χ1n) is 7.38. The van der Waals surface area contributed by atoms with E-state index in [-0.39, 0.29) is 18.4 Å². The Kier molecular flexibility index (Phi) is 4.45. The third kappa shape index (κ3) is 3.15. The zero-order valence-electron chi connectivity index (χ0n) is 12.2. The standard InChI is InChI=1S/C16H18ClN3O2/c17-14-3-5-15(6-4-14)20-10-13(8-18-20)16(22)19-7-1-2-12(9-19)11-21/h3-6,8,10,12,21H,1-2,7,9,11H2. The largest absolute Gasteiger partial charge is 0.396 e. The fourth-order valence-electron chi connectivity index (χ4n) is 2.75. The monoisotopic (exact) mass is 319 g/mol. The van der Waals surface area contributed by atoms with E-state index in [2.05, 4.69) is 5.10 Å². The van der Waals surface area contributed by atoms with E-state index in [4.69, 9.17) is 11.6 Å². The second-order valence-corrected chi connectivity index (χ2v) is 6.03. The van der Waals surface area contributed by atoms with Crippen molar-refractivity contribution in [2.24, 2.45) is 5.92 Å². The summed E-state index contributed by atoms with van der Waals surface area (Å²) in [6, 6.07) is 7.28. The van der Waals surface area contributed by atoms with Crippen LogP contribution in [0.15, 0.2) is 36.7 Å². The fraction of sp³-hybridized carbons (Fsp3) is 0.375. The summed E-state index contributed by atoms with van der Waals surface area (Å²) < 4.78 is 1.66. The van der Waals surface area contributed by atoms with Crippen molar-refractivity contribution in [2.45, 2.75) is 12.8 Å². The number of aliphatic hydroxyl groups excluding tert-OH is 1. The van der Waals surface area contributed by atoms with Gasteiger partial charge in [-0.15, -0.1) is 0 Å². The number of benzene rings is 1. The molecule has 5 nitrogen and oxygen atoms in total. The van der Waals surface area contributed by atoms with E-state index < -0.39 is 0 Å². The minimum Gasteiger partial charge on any atom is -0.396 e. The maximum Gasteiger partial charge on any atom is 0.257 e. The number of carbonyl (C=O) groups is 1. The molecule has 6 heteroatoms. The van der Waals surface area contributed by atoms with Gasteiger partial charge >= 0.3 is 0 Å². The van der Waals surface area contributed by atoms with Gasteiger partial charge in [-0.1, -0.05) is 11.6 Å². The normalized spacial score (nSPS) is 18.5. The van der Waals surface area contributed by atoms with Crippen molar-refractivity contribution in [3.05, 3.63) is 47.2 Å². The molecule has 0 bridgehead atoms. The molecule has 0 saturated carbocycles. The van der Waals surface area contributed by atoms with Crippen molar-refractivity contribution in [1.29, 1.82) is 0 Å². The number of nitrogens with zero attached hydrogens (tertiary/aromatic N) is 3. The molecule has 1 saturated heterocycles. The van der Waals surface area contributed by atoms with E-state index in [1.807, 2.05) is 12.1 Å². The molecule has 22 heavy (non-hydrogen) atoms. The molecule has 0 radical (unpaired) electrons. The SMILES string of the molecule is O=C(c1cnn(-c2ccc(Cl)cc2)c1)N1CCCC(CO)C1. The van der Waals surface area contributed by atoms with Crippen LogP contribution < -0.4 is 0 Å². The van der Waals surface area contributed by atoms with Crippen LogP contribution in [0, 0.1) is 5.92 Å². The molecule has 0 spiro atoms. The Hall–Kier alpha value is -1.85. The highest BCUT2D eigenvalue weighted by Crippen LogP contribution is 2.19. The molecule has 0 aliphatic carbocycles. The van der Waals surface area contributed by atoms with Gasteiger partial charge in [-0.3, -0.25) is 4.79 Å². The number of carbonyl (C=O) groups excluding carboxylic acids is 1. The van der Waals surface area contributed by atoms with E-state index in [0.29, 0.717) is 17.1 Å². The molecule has 1 unspecified atom stereocenters. The molecule has 1 fully saturated rings. The predicted molar refractivity (Wildman–Crippen MR) is 84.3 cm³/mol. The van der Waals surface area contributed by atoms with E-state index in [9.17, 15) is 9.90 Å². The third-order valence-electron chi connectivity index (χ3n) is 3.99. The van der Waals surface area contributed by atoms with Crippen LogP contribution in [0.5, 0.6) is 0 Å². The lowest BCUT2D eigenvalue weighted by atomic mass is 9.98. The molecule has 1 aromatic heterocycles. The molecule has 1 atom stereocenters. The summed E-state index contributed by atoms with van der Waals surface area (Å²) >= 11 is 5.87. The Morgan fingerprint density at radius 2 is 2.14 bits per heavy atom. The minimum atomic E-state index is -0.0293. The molecular formula is C16H18ClN3O2. The first kappa shape index (κ1) is 15.1. The molecule has 1 amide bonds. The summed E-state index contributed by atoms with van der Waals surface area (Å²) in [6.45, 7) is 1.48. The Labute approximate surface area is 134 Å². The highest BCUT2D eigenvalue weighted by Gasteiger charge is 2.24. The number of hydrogen-bond acceptors (Lipinski definition) is 3. The van der Waals surface area contributed by atoms with Crippen LogP contribution in [0.25, 0.3) is 5.69 Å². The van der Waals surface area contributed by atoms with Crippen LogP contribution in [-0.4, -0.2) is 45.4 Å². The maximum atomic E-state index is 12.5. The quantitative estimate of drug-likeness (QED) is 0.945. The van der Waals surface area contributed by atoms with E-state index in [0.717, 1.165) is 25.1 Å². The van der Waals surface area contributed by atoms with Gasteiger partial charge in [-0.25, -0.2) is 4.68 Å². The van der Waals surface area contributed by atoms with Gasteiger partial charge in [-0.2, -0.15) is 5.10 Å². The Balaban J connectivity index is 1.75. The molecule has 1 aromatic carbocycles. The Morgan fingerprint density at radius 1 is 1.36 bits per heavy atom. The van der Waals surface area contributed by atoms with Crippen LogP contribution in [0.1, 0.15) is 23.2 Å². The van der Waals surface area contributed by atoms with Gasteiger partial charge in [0.05, 0.1) is 17.4 Å². The molecule has 2 aromatic rings. The van der Waals surface area contributed by atoms with Gasteiger partial charge in [0.15, 0.2) is 0 Å². The minimum absolute atomic E-state index is 0.0293. The lowest BCUT2D eigenvalue weighted by Gasteiger charge is -2.31. The molecule has 1 N–H and O–H groups in total. The number of hydrogen-bond donors (Lipinski definition) is 1. The van der Waals surface area contributed by atoms with Crippen LogP contribution in [0.3, 0.4) is 0 Å². The summed E-state index contributed by atoms with van der Waals surface area (Å²) in [5, 5.41) is 14.2. The number of aromatic nitrogens is 2. The molecule has 1 aliphatic rings. The van der Waals surface area contributed by atoms with Gasteiger partial charge < -0.3 is 10.0 Å². The van der Waals surface area contributed by atoms with Gasteiger partial charge in [-0.05, 0) is 43.0 Å². The number of rotatable bonds is 3.